The van der Waals surface area contributed by atoms with Crippen molar-refractivity contribution in [2.75, 3.05) is 6.54 Å². The van der Waals surface area contributed by atoms with Gasteiger partial charge in [-0.3, -0.25) is 14.4 Å². The number of carbonyl (C=O) groups is 2. The Morgan fingerprint density at radius 1 is 1.17 bits per heavy atom. The third-order valence-electron chi connectivity index (χ3n) is 6.16. The number of para-hydroxylation sites is 1. The van der Waals surface area contributed by atoms with Crippen molar-refractivity contribution in [3.05, 3.63) is 64.1 Å². The molecule has 1 unspecified atom stereocenters. The van der Waals surface area contributed by atoms with Gasteiger partial charge in [-0.05, 0) is 38.0 Å². The number of fused-ring (bicyclic) bond motifs is 2. The van der Waals surface area contributed by atoms with Crippen molar-refractivity contribution in [3.63, 3.8) is 0 Å². The highest BCUT2D eigenvalue weighted by Crippen LogP contribution is 2.35. The Kier molecular flexibility index (Phi) is 6.96. The van der Waals surface area contributed by atoms with E-state index in [-0.39, 0.29) is 29.6 Å². The molecular formula is C26H28N6O4. The van der Waals surface area contributed by atoms with Gasteiger partial charge >= 0.3 is 0 Å². The lowest BCUT2D eigenvalue weighted by atomic mass is 9.95. The van der Waals surface area contributed by atoms with Crippen molar-refractivity contribution in [1.82, 2.24) is 19.9 Å². The number of aryl methyl sites for hydroxylation is 2. The number of aromatic hydroxyl groups is 1. The topological polar surface area (TPSA) is 142 Å². The predicted octanol–water partition coefficient (Wildman–Crippen LogP) is 4.22. The van der Waals surface area contributed by atoms with E-state index in [2.05, 4.69) is 25.5 Å². The van der Waals surface area contributed by atoms with Crippen LogP contribution in [0.4, 0.5) is 5.69 Å². The SMILES string of the molecule is CCn1cc(C(=O)NCC(C(=O)N=Nc2c(O)[nH]c3ccccc23)C(C)C)c(=O)c2ccc(C)nc21. The van der Waals surface area contributed by atoms with Crippen LogP contribution in [0.15, 0.2) is 57.6 Å². The first-order chi connectivity index (χ1) is 17.2. The van der Waals surface area contributed by atoms with Crippen LogP contribution in [0.5, 0.6) is 5.88 Å². The lowest BCUT2D eigenvalue weighted by molar-refractivity contribution is -0.123. The molecule has 10 nitrogen and oxygen atoms in total. The molecule has 0 spiro atoms. The molecule has 0 aliphatic heterocycles. The van der Waals surface area contributed by atoms with Crippen LogP contribution in [0.1, 0.15) is 36.8 Å². The van der Waals surface area contributed by atoms with E-state index in [1.54, 1.807) is 34.9 Å². The zero-order valence-corrected chi connectivity index (χ0v) is 20.6. The maximum absolute atomic E-state index is 13.0. The fourth-order valence-corrected chi connectivity index (χ4v) is 4.06. The maximum atomic E-state index is 13.0. The number of pyridine rings is 2. The summed E-state index contributed by atoms with van der Waals surface area (Å²) >= 11 is 0. The smallest absolute Gasteiger partial charge is 0.269 e. The van der Waals surface area contributed by atoms with Crippen LogP contribution in [-0.2, 0) is 11.3 Å². The Morgan fingerprint density at radius 3 is 2.64 bits per heavy atom. The van der Waals surface area contributed by atoms with Crippen LogP contribution >= 0.6 is 0 Å². The number of nitrogens with one attached hydrogen (secondary N) is 2. The molecule has 2 amide bonds. The molecule has 0 saturated carbocycles. The molecule has 36 heavy (non-hydrogen) atoms. The van der Waals surface area contributed by atoms with Crippen LogP contribution in [0, 0.1) is 18.8 Å². The van der Waals surface area contributed by atoms with Gasteiger partial charge in [-0.15, -0.1) is 10.2 Å². The highest BCUT2D eigenvalue weighted by atomic mass is 16.3. The summed E-state index contributed by atoms with van der Waals surface area (Å²) in [5, 5.41) is 21.7. The number of nitrogens with zero attached hydrogens (tertiary/aromatic N) is 4. The number of aromatic nitrogens is 3. The minimum absolute atomic E-state index is 0.0182. The first kappa shape index (κ1) is 24.8. The van der Waals surface area contributed by atoms with E-state index in [1.807, 2.05) is 33.8 Å². The molecular weight excluding hydrogens is 460 g/mol. The Labute approximate surface area is 207 Å². The van der Waals surface area contributed by atoms with Crippen molar-refractivity contribution in [3.8, 4) is 5.88 Å². The molecule has 0 radical (unpaired) electrons. The van der Waals surface area contributed by atoms with E-state index >= 15 is 0 Å². The quantitative estimate of drug-likeness (QED) is 0.334. The molecule has 0 fully saturated rings. The number of rotatable bonds is 7. The summed E-state index contributed by atoms with van der Waals surface area (Å²) in [5.41, 5.74) is 1.70. The minimum Gasteiger partial charge on any atom is -0.493 e. The highest BCUT2D eigenvalue weighted by Gasteiger charge is 2.25. The van der Waals surface area contributed by atoms with Crippen molar-refractivity contribution in [2.24, 2.45) is 22.1 Å². The molecule has 1 atom stereocenters. The van der Waals surface area contributed by atoms with Gasteiger partial charge in [0.25, 0.3) is 11.8 Å². The lowest BCUT2D eigenvalue weighted by Gasteiger charge is -2.18. The molecule has 3 heterocycles. The average molecular weight is 489 g/mol. The number of amides is 2. The molecule has 3 N–H and O–H groups in total. The number of carbonyl (C=O) groups excluding carboxylic acids is 2. The normalized spacial score (nSPS) is 12.6. The summed E-state index contributed by atoms with van der Waals surface area (Å²) in [6.07, 6.45) is 1.50. The molecule has 186 valence electrons. The summed E-state index contributed by atoms with van der Waals surface area (Å²) < 4.78 is 1.76. The molecule has 1 aromatic carbocycles. The molecule has 3 aromatic heterocycles. The number of hydrogen-bond donors (Lipinski definition) is 3. The third-order valence-corrected chi connectivity index (χ3v) is 6.16. The third kappa shape index (κ3) is 4.74. The molecule has 0 bridgehead atoms. The largest absolute Gasteiger partial charge is 0.493 e. The van der Waals surface area contributed by atoms with Crippen molar-refractivity contribution >= 4 is 39.4 Å². The maximum Gasteiger partial charge on any atom is 0.269 e. The van der Waals surface area contributed by atoms with E-state index in [0.29, 0.717) is 28.5 Å². The van der Waals surface area contributed by atoms with E-state index < -0.39 is 23.2 Å². The highest BCUT2D eigenvalue weighted by molar-refractivity contribution is 5.97. The van der Waals surface area contributed by atoms with Crippen molar-refractivity contribution < 1.29 is 14.7 Å². The Hall–Kier alpha value is -4.34. The standard InChI is InChI=1S/C26H28N6O4/c1-5-32-13-19(22(33)17-11-10-15(4)28-23(17)32)24(34)27-12-18(14(2)3)25(35)31-30-21-16-8-6-7-9-20(16)29-26(21)36/h6-11,13-14,18,29,36H,5,12H2,1-4H3,(H,27,34). The second-order valence-electron chi connectivity index (χ2n) is 8.95. The molecule has 4 aromatic rings. The molecule has 0 aliphatic rings. The summed E-state index contributed by atoms with van der Waals surface area (Å²) in [7, 11) is 0. The molecule has 10 heteroatoms. The lowest BCUT2D eigenvalue weighted by Crippen LogP contribution is -2.37. The first-order valence-electron chi connectivity index (χ1n) is 11.8. The first-order valence-corrected chi connectivity index (χ1v) is 11.8. The van der Waals surface area contributed by atoms with Crippen molar-refractivity contribution in [1.29, 1.82) is 0 Å². The van der Waals surface area contributed by atoms with E-state index in [0.717, 1.165) is 5.69 Å². The van der Waals surface area contributed by atoms with Crippen LogP contribution in [0.2, 0.25) is 0 Å². The van der Waals surface area contributed by atoms with E-state index in [9.17, 15) is 19.5 Å². The summed E-state index contributed by atoms with van der Waals surface area (Å²) in [6.45, 7) is 7.92. The second-order valence-corrected chi connectivity index (χ2v) is 8.95. The molecule has 4 rings (SSSR count). The number of aromatic amines is 1. The van der Waals surface area contributed by atoms with Gasteiger partial charge in [-0.25, -0.2) is 4.98 Å². The van der Waals surface area contributed by atoms with Gasteiger partial charge in [0.05, 0.1) is 16.8 Å². The van der Waals surface area contributed by atoms with Gasteiger partial charge in [0, 0.05) is 30.4 Å². The average Bonchev–Trinajstić information content (AvgIpc) is 3.17. The number of H-pyrrole nitrogens is 1. The van der Waals surface area contributed by atoms with Crippen LogP contribution in [0.3, 0.4) is 0 Å². The van der Waals surface area contributed by atoms with Crippen LogP contribution in [-0.4, -0.2) is 38.0 Å². The number of azo groups is 1. The van der Waals surface area contributed by atoms with Gasteiger partial charge in [0.15, 0.2) is 5.69 Å². The van der Waals surface area contributed by atoms with E-state index in [1.165, 1.54) is 6.20 Å². The van der Waals surface area contributed by atoms with E-state index in [4.69, 9.17) is 0 Å². The summed E-state index contributed by atoms with van der Waals surface area (Å²) in [6, 6.07) is 10.5. The predicted molar refractivity (Wildman–Crippen MR) is 137 cm³/mol. The van der Waals surface area contributed by atoms with Gasteiger partial charge in [-0.2, -0.15) is 0 Å². The van der Waals surface area contributed by atoms with Gasteiger partial charge in [0.2, 0.25) is 11.3 Å². The van der Waals surface area contributed by atoms with Gasteiger partial charge in [0.1, 0.15) is 11.2 Å². The number of benzene rings is 1. The van der Waals surface area contributed by atoms with Gasteiger partial charge in [-0.1, -0.05) is 32.0 Å². The molecule has 0 aliphatic carbocycles. The second kappa shape index (κ2) is 10.1. The Bertz CT molecular complexity index is 1550. The zero-order chi connectivity index (χ0) is 26.0. The Balaban J connectivity index is 1.54. The molecule has 0 saturated heterocycles. The number of hydrogen-bond acceptors (Lipinski definition) is 6. The van der Waals surface area contributed by atoms with Crippen LogP contribution in [0.25, 0.3) is 21.9 Å². The van der Waals surface area contributed by atoms with Crippen LogP contribution < -0.4 is 10.7 Å². The zero-order valence-electron chi connectivity index (χ0n) is 20.6. The fourth-order valence-electron chi connectivity index (χ4n) is 4.06. The van der Waals surface area contributed by atoms with Gasteiger partial charge < -0.3 is 20.0 Å². The minimum atomic E-state index is -0.678. The van der Waals surface area contributed by atoms with Crippen molar-refractivity contribution in [2.45, 2.75) is 34.2 Å². The Morgan fingerprint density at radius 2 is 1.92 bits per heavy atom. The fraction of sp³-hybridized carbons (Fsp3) is 0.308. The monoisotopic (exact) mass is 488 g/mol. The summed E-state index contributed by atoms with van der Waals surface area (Å²) in [5.74, 6) is -2.14. The summed E-state index contributed by atoms with van der Waals surface area (Å²) in [4.78, 5) is 46.1.